The van der Waals surface area contributed by atoms with E-state index in [2.05, 4.69) is 0 Å². The SMILES string of the molecule is CC(C)CC(C(=O)O)N(C)C(=O)O[Si](C)(C)C. The Morgan fingerprint density at radius 2 is 1.76 bits per heavy atom. The third kappa shape index (κ3) is 6.30. The van der Waals surface area contributed by atoms with Crippen LogP contribution in [-0.2, 0) is 9.22 Å². The van der Waals surface area contributed by atoms with Crippen molar-refractivity contribution in [2.24, 2.45) is 5.92 Å². The lowest BCUT2D eigenvalue weighted by Gasteiger charge is -2.28. The van der Waals surface area contributed by atoms with Gasteiger partial charge in [-0.1, -0.05) is 13.8 Å². The molecule has 0 aromatic carbocycles. The molecular formula is C11H23NO4Si. The van der Waals surface area contributed by atoms with Crippen molar-refractivity contribution in [3.8, 4) is 0 Å². The van der Waals surface area contributed by atoms with Crippen LogP contribution in [0, 0.1) is 5.92 Å². The maximum atomic E-state index is 11.8. The van der Waals surface area contributed by atoms with Crippen molar-refractivity contribution in [1.29, 1.82) is 0 Å². The maximum absolute atomic E-state index is 11.8. The van der Waals surface area contributed by atoms with E-state index in [0.29, 0.717) is 6.42 Å². The van der Waals surface area contributed by atoms with Gasteiger partial charge in [0.25, 0.3) is 0 Å². The number of aliphatic carboxylic acids is 1. The van der Waals surface area contributed by atoms with Crippen LogP contribution in [-0.4, -0.2) is 43.5 Å². The van der Waals surface area contributed by atoms with Crippen molar-refractivity contribution in [3.63, 3.8) is 0 Å². The first-order valence-corrected chi connectivity index (χ1v) is 9.14. The third-order valence-electron chi connectivity index (χ3n) is 2.13. The maximum Gasteiger partial charge on any atom is 0.396 e. The summed E-state index contributed by atoms with van der Waals surface area (Å²) in [7, 11) is -0.512. The molecule has 0 aliphatic heterocycles. The number of carboxylic acid groups (broad SMARTS) is 1. The number of carbonyl (C=O) groups excluding carboxylic acids is 1. The molecule has 0 fully saturated rings. The monoisotopic (exact) mass is 261 g/mol. The molecule has 0 saturated carbocycles. The highest BCUT2D eigenvalue weighted by atomic mass is 28.4. The van der Waals surface area contributed by atoms with Gasteiger partial charge in [-0.15, -0.1) is 0 Å². The Morgan fingerprint density at radius 3 is 2.06 bits per heavy atom. The summed E-state index contributed by atoms with van der Waals surface area (Å²) in [4.78, 5) is 24.1. The molecule has 6 heteroatoms. The third-order valence-corrected chi connectivity index (χ3v) is 2.92. The number of nitrogens with zero attached hydrogens (tertiary/aromatic N) is 1. The van der Waals surface area contributed by atoms with Gasteiger partial charge in [0.2, 0.25) is 8.32 Å². The molecule has 5 nitrogen and oxygen atoms in total. The Balaban J connectivity index is 4.67. The number of likely N-dealkylation sites (N-methyl/N-ethyl adjacent to an activating group) is 1. The second-order valence-corrected chi connectivity index (χ2v) is 10.0. The molecular weight excluding hydrogens is 238 g/mol. The van der Waals surface area contributed by atoms with E-state index in [1.165, 1.54) is 11.9 Å². The van der Waals surface area contributed by atoms with Gasteiger partial charge >= 0.3 is 12.1 Å². The summed E-state index contributed by atoms with van der Waals surface area (Å²) >= 11 is 0. The van der Waals surface area contributed by atoms with Crippen LogP contribution in [0.5, 0.6) is 0 Å². The average Bonchev–Trinajstić information content (AvgIpc) is 2.09. The Kier molecular flexibility index (Phi) is 5.67. The standard InChI is InChI=1S/C11H23NO4Si/c1-8(2)7-9(10(13)14)12(3)11(15)16-17(4,5)6/h8-9H,7H2,1-6H3,(H,13,14). The molecule has 1 atom stereocenters. The summed E-state index contributed by atoms with van der Waals surface area (Å²) in [5.41, 5.74) is 0. The molecule has 1 unspecified atom stereocenters. The van der Waals surface area contributed by atoms with Gasteiger partial charge in [0.15, 0.2) is 0 Å². The summed E-state index contributed by atoms with van der Waals surface area (Å²) in [5.74, 6) is -0.785. The van der Waals surface area contributed by atoms with E-state index in [1.807, 2.05) is 33.5 Å². The fourth-order valence-corrected chi connectivity index (χ4v) is 2.00. The second kappa shape index (κ2) is 6.04. The van der Waals surface area contributed by atoms with Gasteiger partial charge in [-0.25, -0.2) is 9.59 Å². The Hall–Kier alpha value is -1.04. The molecule has 0 aromatic rings. The number of amides is 1. The summed E-state index contributed by atoms with van der Waals surface area (Å²) in [6.45, 7) is 9.51. The van der Waals surface area contributed by atoms with Gasteiger partial charge in [0, 0.05) is 7.05 Å². The molecule has 0 bridgehead atoms. The molecule has 0 heterocycles. The van der Waals surface area contributed by atoms with Crippen molar-refractivity contribution >= 4 is 20.4 Å². The van der Waals surface area contributed by atoms with Gasteiger partial charge in [-0.2, -0.15) is 0 Å². The van der Waals surface area contributed by atoms with Gasteiger partial charge in [-0.3, -0.25) is 4.90 Å². The fourth-order valence-electron chi connectivity index (χ4n) is 1.33. The lowest BCUT2D eigenvalue weighted by Crippen LogP contribution is -2.46. The van der Waals surface area contributed by atoms with Crippen LogP contribution in [0.4, 0.5) is 4.79 Å². The second-order valence-electron chi connectivity index (χ2n) is 5.57. The molecule has 0 radical (unpaired) electrons. The summed E-state index contributed by atoms with van der Waals surface area (Å²) in [5, 5.41) is 9.10. The largest absolute Gasteiger partial charge is 0.504 e. The first-order chi connectivity index (χ1) is 7.54. The summed E-state index contributed by atoms with van der Waals surface area (Å²) < 4.78 is 5.27. The lowest BCUT2D eigenvalue weighted by molar-refractivity contribution is -0.142. The predicted octanol–water partition coefficient (Wildman–Crippen LogP) is 2.39. The zero-order chi connectivity index (χ0) is 13.8. The predicted molar refractivity (Wildman–Crippen MR) is 68.5 cm³/mol. The molecule has 0 saturated heterocycles. The molecule has 1 amide bonds. The molecule has 0 aromatic heterocycles. The van der Waals surface area contributed by atoms with Crippen molar-refractivity contribution in [3.05, 3.63) is 0 Å². The van der Waals surface area contributed by atoms with E-state index in [4.69, 9.17) is 9.53 Å². The van der Waals surface area contributed by atoms with E-state index >= 15 is 0 Å². The van der Waals surface area contributed by atoms with Crippen LogP contribution in [0.15, 0.2) is 0 Å². The van der Waals surface area contributed by atoms with E-state index < -0.39 is 26.4 Å². The smallest absolute Gasteiger partial charge is 0.396 e. The average molecular weight is 261 g/mol. The normalized spacial score (nSPS) is 13.4. The van der Waals surface area contributed by atoms with Gasteiger partial charge in [0.05, 0.1) is 0 Å². The van der Waals surface area contributed by atoms with Crippen molar-refractivity contribution in [2.75, 3.05) is 7.05 Å². The van der Waals surface area contributed by atoms with E-state index in [1.54, 1.807) is 0 Å². The zero-order valence-electron chi connectivity index (χ0n) is 11.5. The summed E-state index contributed by atoms with van der Waals surface area (Å²) in [6, 6.07) is -0.821. The van der Waals surface area contributed by atoms with Crippen molar-refractivity contribution in [1.82, 2.24) is 4.90 Å². The minimum Gasteiger partial charge on any atom is -0.504 e. The first kappa shape index (κ1) is 16.0. The van der Waals surface area contributed by atoms with E-state index in [0.717, 1.165) is 0 Å². The van der Waals surface area contributed by atoms with Crippen LogP contribution in [0.2, 0.25) is 19.6 Å². The number of hydrogen-bond donors (Lipinski definition) is 1. The fraction of sp³-hybridized carbons (Fsp3) is 0.818. The Morgan fingerprint density at radius 1 is 1.29 bits per heavy atom. The minimum atomic E-state index is -1.99. The van der Waals surface area contributed by atoms with Crippen LogP contribution in [0.25, 0.3) is 0 Å². The minimum absolute atomic E-state index is 0.207. The lowest BCUT2D eigenvalue weighted by atomic mass is 10.0. The number of carboxylic acids is 1. The van der Waals surface area contributed by atoms with Crippen molar-refractivity contribution < 1.29 is 19.1 Å². The molecule has 1 N–H and O–H groups in total. The molecule has 0 aliphatic rings. The topological polar surface area (TPSA) is 66.8 Å². The highest BCUT2D eigenvalue weighted by Crippen LogP contribution is 2.14. The quantitative estimate of drug-likeness (QED) is 0.772. The van der Waals surface area contributed by atoms with Gasteiger partial charge in [-0.05, 0) is 32.0 Å². The zero-order valence-corrected chi connectivity index (χ0v) is 12.5. The van der Waals surface area contributed by atoms with E-state index in [9.17, 15) is 9.59 Å². The van der Waals surface area contributed by atoms with Gasteiger partial charge in [0.1, 0.15) is 6.04 Å². The van der Waals surface area contributed by atoms with Crippen LogP contribution < -0.4 is 0 Å². The molecule has 17 heavy (non-hydrogen) atoms. The molecule has 100 valence electrons. The summed E-state index contributed by atoms with van der Waals surface area (Å²) in [6.07, 6.45) is -0.121. The number of hydrogen-bond acceptors (Lipinski definition) is 3. The Labute approximate surface area is 104 Å². The van der Waals surface area contributed by atoms with Crippen LogP contribution in [0.3, 0.4) is 0 Å². The van der Waals surface area contributed by atoms with Crippen molar-refractivity contribution in [2.45, 2.75) is 46.0 Å². The van der Waals surface area contributed by atoms with Crippen LogP contribution >= 0.6 is 0 Å². The Bertz CT molecular complexity index is 286. The van der Waals surface area contributed by atoms with E-state index in [-0.39, 0.29) is 5.92 Å². The first-order valence-electron chi connectivity index (χ1n) is 5.73. The highest BCUT2D eigenvalue weighted by molar-refractivity contribution is 6.71. The number of carbonyl (C=O) groups is 2. The van der Waals surface area contributed by atoms with Crippen LogP contribution in [0.1, 0.15) is 20.3 Å². The molecule has 0 rings (SSSR count). The molecule has 0 aliphatic carbocycles. The highest BCUT2D eigenvalue weighted by Gasteiger charge is 2.31. The van der Waals surface area contributed by atoms with Gasteiger partial charge < -0.3 is 9.53 Å². The number of rotatable bonds is 5. The molecule has 0 spiro atoms.